The minimum atomic E-state index is -3.65. The molecule has 1 atom stereocenters. The molecule has 0 aromatic heterocycles. The standard InChI is InChI=1S/C14H21N3O3S/c1-12(16)13-5-3-6-14(11-13)21(18,19)17(8-4-7-15)9-10-20-2/h3,5-6,11-12H,4,8-10,16H2,1-2H3. The maximum absolute atomic E-state index is 12.6. The molecule has 21 heavy (non-hydrogen) atoms. The summed E-state index contributed by atoms with van der Waals surface area (Å²) in [6.45, 7) is 2.43. The largest absolute Gasteiger partial charge is 0.383 e. The van der Waals surface area contributed by atoms with Crippen molar-refractivity contribution in [2.75, 3.05) is 26.8 Å². The molecule has 0 radical (unpaired) electrons. The van der Waals surface area contributed by atoms with E-state index in [9.17, 15) is 8.42 Å². The third-order valence-electron chi connectivity index (χ3n) is 3.04. The van der Waals surface area contributed by atoms with Gasteiger partial charge in [-0.1, -0.05) is 12.1 Å². The van der Waals surface area contributed by atoms with Crippen LogP contribution in [-0.2, 0) is 14.8 Å². The fraction of sp³-hybridized carbons (Fsp3) is 0.500. The van der Waals surface area contributed by atoms with Gasteiger partial charge >= 0.3 is 0 Å². The van der Waals surface area contributed by atoms with Gasteiger partial charge in [-0.3, -0.25) is 0 Å². The molecule has 0 amide bonds. The van der Waals surface area contributed by atoms with E-state index >= 15 is 0 Å². The van der Waals surface area contributed by atoms with Crippen LogP contribution in [0.25, 0.3) is 0 Å². The summed E-state index contributed by atoms with van der Waals surface area (Å²) >= 11 is 0. The highest BCUT2D eigenvalue weighted by Gasteiger charge is 2.24. The summed E-state index contributed by atoms with van der Waals surface area (Å²) in [7, 11) is -2.15. The van der Waals surface area contributed by atoms with E-state index in [1.165, 1.54) is 17.5 Å². The van der Waals surface area contributed by atoms with E-state index in [0.717, 1.165) is 5.56 Å². The normalized spacial score (nSPS) is 13.1. The maximum atomic E-state index is 12.6. The second-order valence-corrected chi connectivity index (χ2v) is 6.60. The summed E-state index contributed by atoms with van der Waals surface area (Å²) in [5.41, 5.74) is 6.54. The molecule has 1 rings (SSSR count). The van der Waals surface area contributed by atoms with Crippen molar-refractivity contribution < 1.29 is 13.2 Å². The van der Waals surface area contributed by atoms with Gasteiger partial charge in [0, 0.05) is 32.7 Å². The molecular weight excluding hydrogens is 290 g/mol. The molecule has 0 aliphatic carbocycles. The van der Waals surface area contributed by atoms with Crippen LogP contribution in [-0.4, -0.2) is 39.5 Å². The Morgan fingerprint density at radius 3 is 2.71 bits per heavy atom. The van der Waals surface area contributed by atoms with Gasteiger partial charge < -0.3 is 10.5 Å². The quantitative estimate of drug-likeness (QED) is 0.779. The molecule has 0 fully saturated rings. The smallest absolute Gasteiger partial charge is 0.243 e. The predicted molar refractivity (Wildman–Crippen MR) is 79.9 cm³/mol. The first-order chi connectivity index (χ1) is 9.93. The van der Waals surface area contributed by atoms with Gasteiger partial charge in [-0.25, -0.2) is 8.42 Å². The first-order valence-electron chi connectivity index (χ1n) is 6.65. The minimum absolute atomic E-state index is 0.135. The van der Waals surface area contributed by atoms with E-state index in [1.807, 2.05) is 6.07 Å². The Bertz CT molecular complexity index is 594. The molecule has 0 saturated carbocycles. The van der Waals surface area contributed by atoms with Gasteiger partial charge in [0.25, 0.3) is 0 Å². The second-order valence-electron chi connectivity index (χ2n) is 4.67. The van der Waals surface area contributed by atoms with Crippen molar-refractivity contribution in [3.05, 3.63) is 29.8 Å². The fourth-order valence-corrected chi connectivity index (χ4v) is 3.31. The topological polar surface area (TPSA) is 96.4 Å². The highest BCUT2D eigenvalue weighted by atomic mass is 32.2. The first kappa shape index (κ1) is 17.6. The van der Waals surface area contributed by atoms with Crippen molar-refractivity contribution in [2.45, 2.75) is 24.3 Å². The van der Waals surface area contributed by atoms with Crippen LogP contribution in [0.2, 0.25) is 0 Å². The Morgan fingerprint density at radius 2 is 2.14 bits per heavy atom. The third-order valence-corrected chi connectivity index (χ3v) is 4.93. The van der Waals surface area contributed by atoms with E-state index in [2.05, 4.69) is 0 Å². The van der Waals surface area contributed by atoms with Crippen molar-refractivity contribution in [2.24, 2.45) is 5.73 Å². The van der Waals surface area contributed by atoms with Crippen LogP contribution in [0.5, 0.6) is 0 Å². The number of benzene rings is 1. The van der Waals surface area contributed by atoms with Crippen LogP contribution in [0.1, 0.15) is 24.9 Å². The summed E-state index contributed by atoms with van der Waals surface area (Å²) in [6, 6.07) is 8.29. The molecule has 1 unspecified atom stereocenters. The number of ether oxygens (including phenoxy) is 1. The number of nitrogens with zero attached hydrogens (tertiary/aromatic N) is 2. The van der Waals surface area contributed by atoms with Gasteiger partial charge in [0.15, 0.2) is 0 Å². The van der Waals surface area contributed by atoms with Gasteiger partial charge in [0.05, 0.1) is 17.6 Å². The Kier molecular flexibility index (Phi) is 6.78. The van der Waals surface area contributed by atoms with E-state index < -0.39 is 10.0 Å². The average molecular weight is 311 g/mol. The molecule has 0 aliphatic heterocycles. The van der Waals surface area contributed by atoms with Gasteiger partial charge in [-0.05, 0) is 24.6 Å². The molecule has 1 aromatic rings. The van der Waals surface area contributed by atoms with Crippen LogP contribution in [0.4, 0.5) is 0 Å². The van der Waals surface area contributed by atoms with Crippen LogP contribution < -0.4 is 5.73 Å². The predicted octanol–water partition coefficient (Wildman–Crippen LogP) is 1.26. The number of nitriles is 1. The molecule has 0 aliphatic rings. The third kappa shape index (κ3) is 4.79. The Morgan fingerprint density at radius 1 is 1.43 bits per heavy atom. The Hall–Kier alpha value is -1.46. The lowest BCUT2D eigenvalue weighted by Gasteiger charge is -2.21. The lowest BCUT2D eigenvalue weighted by molar-refractivity contribution is 0.179. The molecule has 116 valence electrons. The van der Waals surface area contributed by atoms with Crippen molar-refractivity contribution in [3.8, 4) is 6.07 Å². The molecule has 2 N–H and O–H groups in total. The van der Waals surface area contributed by atoms with E-state index in [0.29, 0.717) is 0 Å². The fourth-order valence-electron chi connectivity index (χ4n) is 1.83. The summed E-state index contributed by atoms with van der Waals surface area (Å²) < 4.78 is 31.5. The summed E-state index contributed by atoms with van der Waals surface area (Å²) in [5.74, 6) is 0. The molecule has 0 saturated heterocycles. The van der Waals surface area contributed by atoms with Gasteiger partial charge in [0.2, 0.25) is 10.0 Å². The Balaban J connectivity index is 3.09. The molecule has 0 heterocycles. The summed E-state index contributed by atoms with van der Waals surface area (Å²) in [4.78, 5) is 0.186. The summed E-state index contributed by atoms with van der Waals surface area (Å²) in [5, 5.41) is 8.67. The Labute approximate surface area is 126 Å². The number of sulfonamides is 1. The number of hydrogen-bond acceptors (Lipinski definition) is 5. The highest BCUT2D eigenvalue weighted by Crippen LogP contribution is 2.20. The van der Waals surface area contributed by atoms with Gasteiger partial charge in [-0.2, -0.15) is 9.57 Å². The van der Waals surface area contributed by atoms with Crippen LogP contribution in [0.3, 0.4) is 0 Å². The molecule has 6 nitrogen and oxygen atoms in total. The van der Waals surface area contributed by atoms with Crippen molar-refractivity contribution >= 4 is 10.0 Å². The summed E-state index contributed by atoms with van der Waals surface area (Å²) in [6.07, 6.45) is 0.135. The van der Waals surface area contributed by atoms with Crippen molar-refractivity contribution in [1.29, 1.82) is 5.26 Å². The second kappa shape index (κ2) is 8.10. The lowest BCUT2D eigenvalue weighted by atomic mass is 10.1. The maximum Gasteiger partial charge on any atom is 0.243 e. The SMILES string of the molecule is COCCN(CCC#N)S(=O)(=O)c1cccc(C(C)N)c1. The molecular formula is C14H21N3O3S. The van der Waals surface area contributed by atoms with Crippen LogP contribution in [0, 0.1) is 11.3 Å². The number of rotatable bonds is 8. The first-order valence-corrected chi connectivity index (χ1v) is 8.09. The molecule has 0 spiro atoms. The number of methoxy groups -OCH3 is 1. The van der Waals surface area contributed by atoms with Gasteiger partial charge in [-0.15, -0.1) is 0 Å². The minimum Gasteiger partial charge on any atom is -0.383 e. The average Bonchev–Trinajstić information content (AvgIpc) is 2.47. The van der Waals surface area contributed by atoms with E-state index in [1.54, 1.807) is 25.1 Å². The molecule has 1 aromatic carbocycles. The zero-order valence-electron chi connectivity index (χ0n) is 12.3. The van der Waals surface area contributed by atoms with Gasteiger partial charge in [0.1, 0.15) is 0 Å². The number of nitrogens with two attached hydrogens (primary N) is 1. The number of hydrogen-bond donors (Lipinski definition) is 1. The van der Waals surface area contributed by atoms with Crippen LogP contribution >= 0.6 is 0 Å². The van der Waals surface area contributed by atoms with E-state index in [4.69, 9.17) is 15.7 Å². The molecule has 0 bridgehead atoms. The monoisotopic (exact) mass is 311 g/mol. The molecule has 7 heteroatoms. The van der Waals surface area contributed by atoms with E-state index in [-0.39, 0.29) is 37.1 Å². The van der Waals surface area contributed by atoms with Crippen molar-refractivity contribution in [3.63, 3.8) is 0 Å². The van der Waals surface area contributed by atoms with Crippen molar-refractivity contribution in [1.82, 2.24) is 4.31 Å². The zero-order chi connectivity index (χ0) is 15.9. The zero-order valence-corrected chi connectivity index (χ0v) is 13.1. The van der Waals surface area contributed by atoms with Crippen LogP contribution in [0.15, 0.2) is 29.2 Å². The highest BCUT2D eigenvalue weighted by molar-refractivity contribution is 7.89. The lowest BCUT2D eigenvalue weighted by Crippen LogP contribution is -2.34.